The lowest BCUT2D eigenvalue weighted by Crippen LogP contribution is -2.34. The number of hydrogen-bond donors (Lipinski definition) is 0. The molecule has 1 heterocycles. The molecule has 0 radical (unpaired) electrons. The van der Waals surface area contributed by atoms with E-state index in [4.69, 9.17) is 0 Å². The molecule has 1 aliphatic heterocycles. The highest BCUT2D eigenvalue weighted by atomic mass is 32.2. The van der Waals surface area contributed by atoms with Gasteiger partial charge in [0.05, 0.1) is 12.8 Å². The Kier molecular flexibility index (Phi) is 3.54. The van der Waals surface area contributed by atoms with Gasteiger partial charge in [-0.1, -0.05) is 18.2 Å². The second-order valence-corrected chi connectivity index (χ2v) is 6.70. The van der Waals surface area contributed by atoms with Crippen molar-refractivity contribution >= 4 is 21.7 Å². The van der Waals surface area contributed by atoms with Gasteiger partial charge in [-0.2, -0.15) is 0 Å². The number of hydrogen-bond acceptors (Lipinski definition) is 4. The average Bonchev–Trinajstić information content (AvgIpc) is 2.64. The highest BCUT2D eigenvalue weighted by Crippen LogP contribution is 2.33. The van der Waals surface area contributed by atoms with E-state index in [1.807, 2.05) is 32.0 Å². The lowest BCUT2D eigenvalue weighted by atomic mass is 10.1. The first-order valence-corrected chi connectivity index (χ1v) is 7.55. The molecule has 1 aromatic carbocycles. The highest BCUT2D eigenvalue weighted by molar-refractivity contribution is 7.94. The molecular formula is C13H17NO4S. The Morgan fingerprint density at radius 1 is 1.32 bits per heavy atom. The summed E-state index contributed by atoms with van der Waals surface area (Å²) < 4.78 is 30.7. The largest absolute Gasteiger partial charge is 0.468 e. The first kappa shape index (κ1) is 13.9. The molecule has 0 bridgehead atoms. The predicted octanol–water partition coefficient (Wildman–Crippen LogP) is 1.38. The molecule has 1 fully saturated rings. The van der Waals surface area contributed by atoms with Gasteiger partial charge in [0.25, 0.3) is 0 Å². The van der Waals surface area contributed by atoms with Crippen molar-refractivity contribution in [3.8, 4) is 0 Å². The number of sulfonamides is 1. The molecule has 1 unspecified atom stereocenters. The molecule has 6 heteroatoms. The Morgan fingerprint density at radius 2 is 1.89 bits per heavy atom. The number of esters is 1. The molecule has 0 N–H and O–H groups in total. The van der Waals surface area contributed by atoms with Crippen LogP contribution in [-0.4, -0.2) is 33.3 Å². The quantitative estimate of drug-likeness (QED) is 0.769. The number of benzene rings is 1. The van der Waals surface area contributed by atoms with Gasteiger partial charge in [0.1, 0.15) is 0 Å². The zero-order valence-corrected chi connectivity index (χ0v) is 12.0. The van der Waals surface area contributed by atoms with E-state index >= 15 is 0 Å². The molecule has 0 amide bonds. The second kappa shape index (κ2) is 4.85. The molecule has 0 spiro atoms. The van der Waals surface area contributed by atoms with Crippen LogP contribution in [0.3, 0.4) is 0 Å². The number of aryl methyl sites for hydroxylation is 2. The van der Waals surface area contributed by atoms with Crippen molar-refractivity contribution in [1.29, 1.82) is 0 Å². The minimum Gasteiger partial charge on any atom is -0.468 e. The number of carbonyl (C=O) groups is 1. The summed E-state index contributed by atoms with van der Waals surface area (Å²) in [6.07, 6.45) is 0.267. The van der Waals surface area contributed by atoms with Gasteiger partial charge >= 0.3 is 5.97 Å². The number of anilines is 1. The van der Waals surface area contributed by atoms with E-state index in [0.29, 0.717) is 12.2 Å². The van der Waals surface area contributed by atoms with Crippen molar-refractivity contribution in [2.45, 2.75) is 25.5 Å². The maximum Gasteiger partial charge on any atom is 0.326 e. The van der Waals surface area contributed by atoms with Gasteiger partial charge in [-0.3, -0.25) is 9.10 Å². The normalized spacial score (nSPS) is 21.4. The molecule has 5 nitrogen and oxygen atoms in total. The van der Waals surface area contributed by atoms with Gasteiger partial charge < -0.3 is 4.74 Å². The van der Waals surface area contributed by atoms with Crippen molar-refractivity contribution in [1.82, 2.24) is 0 Å². The second-order valence-electron chi connectivity index (χ2n) is 4.66. The lowest BCUT2D eigenvalue weighted by molar-refractivity contribution is -0.140. The Hall–Kier alpha value is -1.56. The third-order valence-corrected chi connectivity index (χ3v) is 5.54. The minimum atomic E-state index is -3.68. The van der Waals surface area contributed by atoms with Crippen LogP contribution in [0.25, 0.3) is 0 Å². The van der Waals surface area contributed by atoms with Crippen LogP contribution in [-0.2, 0) is 19.6 Å². The zero-order chi connectivity index (χ0) is 14.2. The van der Waals surface area contributed by atoms with Crippen LogP contribution < -0.4 is 4.31 Å². The number of methoxy groups -OCH3 is 1. The minimum absolute atomic E-state index is 0.267. The van der Waals surface area contributed by atoms with E-state index < -0.39 is 21.2 Å². The molecule has 0 aliphatic carbocycles. The van der Waals surface area contributed by atoms with Gasteiger partial charge in [-0.25, -0.2) is 8.42 Å². The zero-order valence-electron chi connectivity index (χ0n) is 11.2. The molecule has 0 saturated carbocycles. The highest BCUT2D eigenvalue weighted by Gasteiger charge is 2.45. The van der Waals surface area contributed by atoms with Gasteiger partial charge in [-0.15, -0.1) is 0 Å². The lowest BCUT2D eigenvalue weighted by Gasteiger charge is -2.22. The number of ether oxygens (including phenoxy) is 1. The molecule has 1 aliphatic rings. The summed E-state index contributed by atoms with van der Waals surface area (Å²) >= 11 is 0. The molecular weight excluding hydrogens is 266 g/mol. The monoisotopic (exact) mass is 283 g/mol. The van der Waals surface area contributed by atoms with Crippen molar-refractivity contribution < 1.29 is 17.9 Å². The summed E-state index contributed by atoms with van der Waals surface area (Å²) in [6.45, 7) is 4.04. The third-order valence-electron chi connectivity index (χ3n) is 3.41. The van der Waals surface area contributed by atoms with Gasteiger partial charge in [0, 0.05) is 6.54 Å². The SMILES string of the molecule is COC(=O)C1CCN(c2c(C)cccc2C)S1(=O)=O. The number of carbonyl (C=O) groups excluding carboxylic acids is 1. The fourth-order valence-electron chi connectivity index (χ4n) is 2.47. The van der Waals surface area contributed by atoms with E-state index in [2.05, 4.69) is 4.74 Å². The Balaban J connectivity index is 2.47. The van der Waals surface area contributed by atoms with Crippen molar-refractivity contribution in [3.05, 3.63) is 29.3 Å². The predicted molar refractivity (Wildman–Crippen MR) is 72.6 cm³/mol. The summed E-state index contributed by atoms with van der Waals surface area (Å²) in [6, 6.07) is 5.61. The van der Waals surface area contributed by atoms with Crippen LogP contribution in [0, 0.1) is 13.8 Å². The molecule has 104 valence electrons. The number of para-hydroxylation sites is 1. The van der Waals surface area contributed by atoms with Crippen molar-refractivity contribution in [2.24, 2.45) is 0 Å². The van der Waals surface area contributed by atoms with Crippen molar-refractivity contribution in [2.75, 3.05) is 18.0 Å². The van der Waals surface area contributed by atoms with Crippen LogP contribution in [0.2, 0.25) is 0 Å². The van der Waals surface area contributed by atoms with Gasteiger partial charge in [0.2, 0.25) is 10.0 Å². The molecule has 1 saturated heterocycles. The fourth-order valence-corrected chi connectivity index (χ4v) is 4.43. The maximum atomic E-state index is 12.4. The summed E-state index contributed by atoms with van der Waals surface area (Å²) in [7, 11) is -2.47. The van der Waals surface area contributed by atoms with Crippen LogP contribution in [0.5, 0.6) is 0 Å². The third kappa shape index (κ3) is 2.20. The molecule has 1 atom stereocenters. The number of nitrogens with zero attached hydrogens (tertiary/aromatic N) is 1. The maximum absolute atomic E-state index is 12.4. The van der Waals surface area contributed by atoms with E-state index in [9.17, 15) is 13.2 Å². The smallest absolute Gasteiger partial charge is 0.326 e. The number of rotatable bonds is 2. The Morgan fingerprint density at radius 3 is 2.42 bits per heavy atom. The summed E-state index contributed by atoms with van der Waals surface area (Å²) in [4.78, 5) is 11.5. The average molecular weight is 283 g/mol. The first-order chi connectivity index (χ1) is 8.89. The molecule has 0 aromatic heterocycles. The first-order valence-electron chi connectivity index (χ1n) is 6.05. The van der Waals surface area contributed by atoms with Gasteiger partial charge in [-0.05, 0) is 31.4 Å². The van der Waals surface area contributed by atoms with Gasteiger partial charge in [0.15, 0.2) is 5.25 Å². The van der Waals surface area contributed by atoms with Crippen LogP contribution in [0.4, 0.5) is 5.69 Å². The fraction of sp³-hybridized carbons (Fsp3) is 0.462. The standard InChI is InChI=1S/C13H17NO4S/c1-9-5-4-6-10(2)12(9)14-8-7-11(13(15)18-3)19(14,16)17/h4-6,11H,7-8H2,1-3H3. The van der Waals surface area contributed by atoms with E-state index in [1.165, 1.54) is 11.4 Å². The Labute approximate surface area is 113 Å². The summed E-state index contributed by atoms with van der Waals surface area (Å²) in [5, 5.41) is -1.09. The van der Waals surface area contributed by atoms with Crippen LogP contribution in [0.1, 0.15) is 17.5 Å². The van der Waals surface area contributed by atoms with Crippen molar-refractivity contribution in [3.63, 3.8) is 0 Å². The van der Waals surface area contributed by atoms with E-state index in [1.54, 1.807) is 0 Å². The summed E-state index contributed by atoms with van der Waals surface area (Å²) in [5.41, 5.74) is 2.44. The molecule has 1 aromatic rings. The van der Waals surface area contributed by atoms with Crippen LogP contribution >= 0.6 is 0 Å². The summed E-state index contributed by atoms with van der Waals surface area (Å²) in [5.74, 6) is -0.686. The molecule has 19 heavy (non-hydrogen) atoms. The van der Waals surface area contributed by atoms with Crippen LogP contribution in [0.15, 0.2) is 18.2 Å². The Bertz CT molecular complexity index is 589. The van der Waals surface area contributed by atoms with E-state index in [0.717, 1.165) is 11.1 Å². The van der Waals surface area contributed by atoms with E-state index in [-0.39, 0.29) is 6.42 Å². The molecule has 2 rings (SSSR count). The topological polar surface area (TPSA) is 63.7 Å².